The lowest BCUT2D eigenvalue weighted by atomic mass is 10.4. The molecule has 0 fully saturated rings. The van der Waals surface area contributed by atoms with E-state index in [0.29, 0.717) is 0 Å². The molecule has 0 aliphatic carbocycles. The number of hydrogen-bond acceptors (Lipinski definition) is 3. The number of hydrogen-bond donors (Lipinski definition) is 1. The fraction of sp³-hybridized carbons (Fsp3) is 0.857. The topological polar surface area (TPSA) is 35.8 Å². The van der Waals surface area contributed by atoms with Gasteiger partial charge in [0.25, 0.3) is 0 Å². The molecule has 60 valence electrons. The third-order valence-electron chi connectivity index (χ3n) is 1.52. The first kappa shape index (κ1) is 9.43. The molecule has 0 saturated heterocycles. The molecule has 3 heteroatoms. The van der Waals surface area contributed by atoms with Gasteiger partial charge in [0.05, 0.1) is 5.71 Å². The summed E-state index contributed by atoms with van der Waals surface area (Å²) in [4.78, 5) is 2.19. The Morgan fingerprint density at radius 1 is 1.40 bits per heavy atom. The summed E-state index contributed by atoms with van der Waals surface area (Å²) in [6, 6.07) is 0. The predicted molar refractivity (Wildman–Crippen MR) is 42.7 cm³/mol. The largest absolute Gasteiger partial charge is 0.411 e. The van der Waals surface area contributed by atoms with Crippen molar-refractivity contribution in [3.05, 3.63) is 0 Å². The molecule has 0 aliphatic heterocycles. The molecule has 0 radical (unpaired) electrons. The highest BCUT2D eigenvalue weighted by atomic mass is 16.4. The van der Waals surface area contributed by atoms with Crippen LogP contribution in [0.15, 0.2) is 5.16 Å². The van der Waals surface area contributed by atoms with Gasteiger partial charge in [-0.3, -0.25) is 4.90 Å². The molecule has 0 aromatic heterocycles. The maximum atomic E-state index is 8.34. The van der Waals surface area contributed by atoms with Gasteiger partial charge in [-0.1, -0.05) is 19.0 Å². The molecular weight excluding hydrogens is 128 g/mol. The summed E-state index contributed by atoms with van der Waals surface area (Å²) in [5, 5.41) is 11.4. The molecule has 0 aromatic carbocycles. The standard InChI is InChI=1S/C7H16N2O/c1-4-9(5-2)6-7(3)8-10/h10H,4-6H2,1-3H3. The molecule has 0 aliphatic rings. The van der Waals surface area contributed by atoms with Crippen LogP contribution in [-0.4, -0.2) is 35.5 Å². The molecule has 0 bridgehead atoms. The van der Waals surface area contributed by atoms with Crippen molar-refractivity contribution in [2.24, 2.45) is 5.16 Å². The molecule has 0 atom stereocenters. The third kappa shape index (κ3) is 3.45. The van der Waals surface area contributed by atoms with Crippen molar-refractivity contribution in [2.75, 3.05) is 19.6 Å². The summed E-state index contributed by atoms with van der Waals surface area (Å²) in [5.74, 6) is 0. The first-order valence-electron chi connectivity index (χ1n) is 3.64. The van der Waals surface area contributed by atoms with Crippen molar-refractivity contribution < 1.29 is 5.21 Å². The quantitative estimate of drug-likeness (QED) is 0.365. The van der Waals surface area contributed by atoms with Crippen molar-refractivity contribution in [1.29, 1.82) is 0 Å². The fourth-order valence-corrected chi connectivity index (χ4v) is 0.802. The summed E-state index contributed by atoms with van der Waals surface area (Å²) in [7, 11) is 0. The van der Waals surface area contributed by atoms with E-state index in [0.717, 1.165) is 25.3 Å². The zero-order valence-electron chi connectivity index (χ0n) is 6.96. The lowest BCUT2D eigenvalue weighted by Crippen LogP contribution is -2.28. The number of nitrogens with zero attached hydrogens (tertiary/aromatic N) is 2. The van der Waals surface area contributed by atoms with Gasteiger partial charge in [0, 0.05) is 6.54 Å². The van der Waals surface area contributed by atoms with Gasteiger partial charge in [-0.25, -0.2) is 0 Å². The van der Waals surface area contributed by atoms with E-state index in [-0.39, 0.29) is 0 Å². The number of rotatable bonds is 4. The molecule has 10 heavy (non-hydrogen) atoms. The molecular formula is C7H16N2O. The van der Waals surface area contributed by atoms with Crippen molar-refractivity contribution in [1.82, 2.24) is 4.90 Å². The van der Waals surface area contributed by atoms with Crippen LogP contribution < -0.4 is 0 Å². The molecule has 0 unspecified atom stereocenters. The van der Waals surface area contributed by atoms with Crippen LogP contribution in [0.25, 0.3) is 0 Å². The Morgan fingerprint density at radius 2 is 1.90 bits per heavy atom. The lowest BCUT2D eigenvalue weighted by molar-refractivity contribution is 0.304. The minimum atomic E-state index is 0.767. The second kappa shape index (κ2) is 5.23. The van der Waals surface area contributed by atoms with Gasteiger partial charge in [-0.05, 0) is 20.0 Å². The first-order valence-corrected chi connectivity index (χ1v) is 3.64. The van der Waals surface area contributed by atoms with E-state index in [4.69, 9.17) is 5.21 Å². The summed E-state index contributed by atoms with van der Waals surface area (Å²) >= 11 is 0. The van der Waals surface area contributed by atoms with Crippen molar-refractivity contribution in [2.45, 2.75) is 20.8 Å². The van der Waals surface area contributed by atoms with Gasteiger partial charge in [0.15, 0.2) is 0 Å². The highest BCUT2D eigenvalue weighted by Gasteiger charge is 1.99. The van der Waals surface area contributed by atoms with E-state index < -0.39 is 0 Å². The van der Waals surface area contributed by atoms with Crippen LogP contribution in [0.2, 0.25) is 0 Å². The summed E-state index contributed by atoms with van der Waals surface area (Å²) in [5.41, 5.74) is 0.767. The minimum absolute atomic E-state index is 0.767. The molecule has 0 saturated carbocycles. The Labute approximate surface area is 62.3 Å². The van der Waals surface area contributed by atoms with Gasteiger partial charge >= 0.3 is 0 Å². The normalized spacial score (nSPS) is 12.6. The third-order valence-corrected chi connectivity index (χ3v) is 1.52. The molecule has 0 rings (SSSR count). The second-order valence-electron chi connectivity index (χ2n) is 2.30. The van der Waals surface area contributed by atoms with Crippen LogP contribution in [0.5, 0.6) is 0 Å². The summed E-state index contributed by atoms with van der Waals surface area (Å²) in [6.45, 7) is 8.77. The van der Waals surface area contributed by atoms with Crippen LogP contribution in [0.1, 0.15) is 20.8 Å². The van der Waals surface area contributed by atoms with E-state index in [9.17, 15) is 0 Å². The molecule has 1 N–H and O–H groups in total. The Bertz CT molecular complexity index is 108. The Balaban J connectivity index is 3.63. The zero-order chi connectivity index (χ0) is 7.98. The SMILES string of the molecule is CCN(CC)CC(C)=NO. The van der Waals surface area contributed by atoms with Crippen LogP contribution in [-0.2, 0) is 0 Å². The van der Waals surface area contributed by atoms with Crippen LogP contribution in [0.3, 0.4) is 0 Å². The second-order valence-corrected chi connectivity index (χ2v) is 2.30. The predicted octanol–water partition coefficient (Wildman–Crippen LogP) is 1.18. The Morgan fingerprint density at radius 3 is 2.20 bits per heavy atom. The highest BCUT2D eigenvalue weighted by Crippen LogP contribution is 1.87. The maximum Gasteiger partial charge on any atom is 0.0679 e. The molecule has 0 spiro atoms. The lowest BCUT2D eigenvalue weighted by Gasteiger charge is -2.16. The van der Waals surface area contributed by atoms with Crippen molar-refractivity contribution in [3.8, 4) is 0 Å². The van der Waals surface area contributed by atoms with E-state index in [1.165, 1.54) is 0 Å². The van der Waals surface area contributed by atoms with Gasteiger partial charge in [0.1, 0.15) is 0 Å². The average Bonchev–Trinajstić information content (AvgIpc) is 1.99. The first-order chi connectivity index (χ1) is 4.74. The van der Waals surface area contributed by atoms with Crippen LogP contribution >= 0.6 is 0 Å². The van der Waals surface area contributed by atoms with E-state index in [2.05, 4.69) is 23.9 Å². The van der Waals surface area contributed by atoms with Crippen molar-refractivity contribution >= 4 is 5.71 Å². The molecule has 0 aromatic rings. The van der Waals surface area contributed by atoms with Crippen LogP contribution in [0, 0.1) is 0 Å². The summed E-state index contributed by atoms with van der Waals surface area (Å²) < 4.78 is 0. The monoisotopic (exact) mass is 144 g/mol. The minimum Gasteiger partial charge on any atom is -0.411 e. The molecule has 3 nitrogen and oxygen atoms in total. The van der Waals surface area contributed by atoms with Gasteiger partial charge in [-0.2, -0.15) is 0 Å². The Hall–Kier alpha value is -0.570. The molecule has 0 amide bonds. The van der Waals surface area contributed by atoms with E-state index >= 15 is 0 Å². The molecule has 0 heterocycles. The highest BCUT2D eigenvalue weighted by molar-refractivity contribution is 5.83. The van der Waals surface area contributed by atoms with E-state index in [1.54, 1.807) is 0 Å². The smallest absolute Gasteiger partial charge is 0.0679 e. The van der Waals surface area contributed by atoms with Gasteiger partial charge in [0.2, 0.25) is 0 Å². The Kier molecular flexibility index (Phi) is 4.94. The van der Waals surface area contributed by atoms with Crippen LogP contribution in [0.4, 0.5) is 0 Å². The van der Waals surface area contributed by atoms with Gasteiger partial charge in [-0.15, -0.1) is 0 Å². The number of oxime groups is 1. The van der Waals surface area contributed by atoms with Gasteiger partial charge < -0.3 is 5.21 Å². The maximum absolute atomic E-state index is 8.34. The average molecular weight is 144 g/mol. The van der Waals surface area contributed by atoms with Crippen molar-refractivity contribution in [3.63, 3.8) is 0 Å². The summed E-state index contributed by atoms with van der Waals surface area (Å²) in [6.07, 6.45) is 0. The van der Waals surface area contributed by atoms with E-state index in [1.807, 2.05) is 6.92 Å². The zero-order valence-corrected chi connectivity index (χ0v) is 6.96. The fourth-order valence-electron chi connectivity index (χ4n) is 0.802.